The first kappa shape index (κ1) is 12.0. The molecule has 0 amide bonds. The fourth-order valence-corrected chi connectivity index (χ4v) is 1.99. The number of rotatable bonds is 2. The molecule has 0 bridgehead atoms. The van der Waals surface area contributed by atoms with Crippen molar-refractivity contribution in [2.24, 2.45) is 0 Å². The Balaban J connectivity index is 2.26. The van der Waals surface area contributed by atoms with Gasteiger partial charge in [-0.3, -0.25) is 0 Å². The van der Waals surface area contributed by atoms with Crippen LogP contribution in [0, 0.1) is 0 Å². The van der Waals surface area contributed by atoms with Gasteiger partial charge in [-0.2, -0.15) is 4.98 Å². The molecule has 0 saturated carbocycles. The summed E-state index contributed by atoms with van der Waals surface area (Å²) in [5, 5.41) is 0. The topological polar surface area (TPSA) is 60.6 Å². The van der Waals surface area contributed by atoms with Crippen molar-refractivity contribution in [1.29, 1.82) is 0 Å². The van der Waals surface area contributed by atoms with Gasteiger partial charge >= 0.3 is 0 Å². The van der Waals surface area contributed by atoms with Crippen LogP contribution < -0.4 is 15.4 Å². The predicted molar refractivity (Wildman–Crippen MR) is 67.4 cm³/mol. The van der Waals surface area contributed by atoms with Crippen LogP contribution in [0.4, 0.5) is 11.5 Å². The second kappa shape index (κ2) is 4.79. The zero-order valence-electron chi connectivity index (χ0n) is 10.5. The number of hydrogen-bond donors (Lipinski definition) is 1. The lowest BCUT2D eigenvalue weighted by molar-refractivity contribution is 0.0340. The van der Waals surface area contributed by atoms with E-state index in [9.17, 15) is 0 Å². The van der Waals surface area contributed by atoms with E-state index in [1.807, 2.05) is 12.1 Å². The van der Waals surface area contributed by atoms with Gasteiger partial charge in [0.25, 0.3) is 0 Å². The van der Waals surface area contributed by atoms with Crippen LogP contribution in [0.25, 0.3) is 0 Å². The maximum absolute atomic E-state index is 5.76. The number of aromatic nitrogens is 1. The first-order valence-electron chi connectivity index (χ1n) is 5.80. The van der Waals surface area contributed by atoms with Gasteiger partial charge in [0.05, 0.1) is 31.5 Å². The van der Waals surface area contributed by atoms with E-state index < -0.39 is 0 Å². The lowest BCUT2D eigenvalue weighted by Gasteiger charge is -2.37. The third-order valence-corrected chi connectivity index (χ3v) is 2.97. The third-order valence-electron chi connectivity index (χ3n) is 2.97. The standard InChI is InChI=1S/C12H19N3O2/c1-8-7-17-9(2)6-15(8)11-5-4-10(13)12(14-11)16-3/h4-5,8-9H,6-7,13H2,1-3H3. The van der Waals surface area contributed by atoms with Gasteiger partial charge in [0, 0.05) is 6.54 Å². The molecule has 2 rings (SSSR count). The molecule has 5 nitrogen and oxygen atoms in total. The lowest BCUT2D eigenvalue weighted by Crippen LogP contribution is -2.47. The molecule has 0 aliphatic carbocycles. The Bertz CT molecular complexity index is 397. The maximum Gasteiger partial charge on any atom is 0.238 e. The summed E-state index contributed by atoms with van der Waals surface area (Å²) in [5.74, 6) is 1.37. The minimum absolute atomic E-state index is 0.219. The number of methoxy groups -OCH3 is 1. The molecule has 1 saturated heterocycles. The predicted octanol–water partition coefficient (Wildman–Crippen LogP) is 1.29. The Morgan fingerprint density at radius 1 is 1.47 bits per heavy atom. The Morgan fingerprint density at radius 2 is 2.24 bits per heavy atom. The molecule has 2 atom stereocenters. The van der Waals surface area contributed by atoms with E-state index in [1.54, 1.807) is 7.11 Å². The summed E-state index contributed by atoms with van der Waals surface area (Å²) >= 11 is 0. The average Bonchev–Trinajstić information content (AvgIpc) is 2.33. The molecule has 1 fully saturated rings. The van der Waals surface area contributed by atoms with Crippen molar-refractivity contribution < 1.29 is 9.47 Å². The van der Waals surface area contributed by atoms with Gasteiger partial charge in [-0.1, -0.05) is 0 Å². The van der Waals surface area contributed by atoms with E-state index in [-0.39, 0.29) is 6.10 Å². The average molecular weight is 237 g/mol. The van der Waals surface area contributed by atoms with E-state index in [0.29, 0.717) is 17.6 Å². The molecule has 1 aromatic rings. The smallest absolute Gasteiger partial charge is 0.238 e. The van der Waals surface area contributed by atoms with Crippen LogP contribution in [0.1, 0.15) is 13.8 Å². The number of ether oxygens (including phenoxy) is 2. The second-order valence-corrected chi connectivity index (χ2v) is 4.41. The normalized spacial score (nSPS) is 24.8. The number of nitrogens with zero attached hydrogens (tertiary/aromatic N) is 2. The van der Waals surface area contributed by atoms with E-state index in [0.717, 1.165) is 19.0 Å². The van der Waals surface area contributed by atoms with Crippen molar-refractivity contribution in [2.75, 3.05) is 30.9 Å². The molecule has 1 aliphatic heterocycles. The Morgan fingerprint density at radius 3 is 2.94 bits per heavy atom. The van der Waals surface area contributed by atoms with Gasteiger partial charge in [-0.15, -0.1) is 0 Å². The molecule has 17 heavy (non-hydrogen) atoms. The van der Waals surface area contributed by atoms with Crippen molar-refractivity contribution in [3.05, 3.63) is 12.1 Å². The summed E-state index contributed by atoms with van der Waals surface area (Å²) in [6, 6.07) is 4.06. The molecule has 2 heterocycles. The Labute approximate surface area is 102 Å². The highest BCUT2D eigenvalue weighted by Crippen LogP contribution is 2.25. The van der Waals surface area contributed by atoms with Crippen molar-refractivity contribution in [1.82, 2.24) is 4.98 Å². The van der Waals surface area contributed by atoms with Crippen molar-refractivity contribution in [2.45, 2.75) is 26.0 Å². The Hall–Kier alpha value is -1.49. The zero-order chi connectivity index (χ0) is 12.4. The molecule has 0 spiro atoms. The van der Waals surface area contributed by atoms with Gasteiger partial charge < -0.3 is 20.1 Å². The van der Waals surface area contributed by atoms with E-state index >= 15 is 0 Å². The van der Waals surface area contributed by atoms with Crippen LogP contribution >= 0.6 is 0 Å². The molecule has 1 aliphatic rings. The summed E-state index contributed by atoms with van der Waals surface area (Å²) < 4.78 is 10.7. The highest BCUT2D eigenvalue weighted by Gasteiger charge is 2.24. The molecule has 0 radical (unpaired) electrons. The second-order valence-electron chi connectivity index (χ2n) is 4.41. The number of hydrogen-bond acceptors (Lipinski definition) is 5. The highest BCUT2D eigenvalue weighted by atomic mass is 16.5. The quantitative estimate of drug-likeness (QED) is 0.839. The summed E-state index contributed by atoms with van der Waals surface area (Å²) in [6.07, 6.45) is 0.219. The summed E-state index contributed by atoms with van der Waals surface area (Å²) in [6.45, 7) is 5.74. The molecule has 1 aromatic heterocycles. The number of morpholine rings is 1. The van der Waals surface area contributed by atoms with Crippen LogP contribution in [-0.4, -0.2) is 37.4 Å². The van der Waals surface area contributed by atoms with Crippen LogP contribution in [0.15, 0.2) is 12.1 Å². The minimum Gasteiger partial charge on any atom is -0.479 e. The van der Waals surface area contributed by atoms with Gasteiger partial charge in [0.15, 0.2) is 0 Å². The monoisotopic (exact) mass is 237 g/mol. The summed E-state index contributed by atoms with van der Waals surface area (Å²) in [7, 11) is 1.58. The van der Waals surface area contributed by atoms with Crippen LogP contribution in [0.3, 0.4) is 0 Å². The summed E-state index contributed by atoms with van der Waals surface area (Å²) in [5.41, 5.74) is 6.32. The lowest BCUT2D eigenvalue weighted by atomic mass is 10.2. The summed E-state index contributed by atoms with van der Waals surface area (Å²) in [4.78, 5) is 6.64. The van der Waals surface area contributed by atoms with Gasteiger partial charge in [0.1, 0.15) is 5.82 Å². The minimum atomic E-state index is 0.219. The van der Waals surface area contributed by atoms with E-state index in [1.165, 1.54) is 0 Å². The van der Waals surface area contributed by atoms with E-state index in [4.69, 9.17) is 15.2 Å². The Kier molecular flexibility index (Phi) is 3.38. The first-order valence-corrected chi connectivity index (χ1v) is 5.80. The fraction of sp³-hybridized carbons (Fsp3) is 0.583. The number of nitrogens with two attached hydrogens (primary N) is 1. The molecular formula is C12H19N3O2. The number of pyridine rings is 1. The largest absolute Gasteiger partial charge is 0.479 e. The van der Waals surface area contributed by atoms with Gasteiger partial charge in [0.2, 0.25) is 5.88 Å². The molecule has 94 valence electrons. The van der Waals surface area contributed by atoms with Crippen LogP contribution in [-0.2, 0) is 4.74 Å². The van der Waals surface area contributed by atoms with Crippen LogP contribution in [0.5, 0.6) is 5.88 Å². The van der Waals surface area contributed by atoms with Crippen molar-refractivity contribution in [3.63, 3.8) is 0 Å². The maximum atomic E-state index is 5.76. The van der Waals surface area contributed by atoms with Crippen molar-refractivity contribution in [3.8, 4) is 5.88 Å². The van der Waals surface area contributed by atoms with Crippen molar-refractivity contribution >= 4 is 11.5 Å². The first-order chi connectivity index (χ1) is 8.11. The SMILES string of the molecule is COc1nc(N2CC(C)OCC2C)ccc1N. The van der Waals surface area contributed by atoms with E-state index in [2.05, 4.69) is 23.7 Å². The molecule has 2 N–H and O–H groups in total. The fourth-order valence-electron chi connectivity index (χ4n) is 1.99. The molecular weight excluding hydrogens is 218 g/mol. The third kappa shape index (κ3) is 2.44. The highest BCUT2D eigenvalue weighted by molar-refractivity contribution is 5.55. The number of anilines is 2. The van der Waals surface area contributed by atoms with Gasteiger partial charge in [-0.05, 0) is 26.0 Å². The molecule has 0 aromatic carbocycles. The molecule has 2 unspecified atom stereocenters. The van der Waals surface area contributed by atoms with Gasteiger partial charge in [-0.25, -0.2) is 0 Å². The van der Waals surface area contributed by atoms with Crippen LogP contribution in [0.2, 0.25) is 0 Å². The zero-order valence-corrected chi connectivity index (χ0v) is 10.5. The molecule has 5 heteroatoms. The number of nitrogen functional groups attached to an aromatic ring is 1.